The topological polar surface area (TPSA) is 77.1 Å². The molecule has 0 aliphatic rings. The van der Waals surface area contributed by atoms with Crippen LogP contribution >= 0.6 is 0 Å². The number of methoxy groups -OCH3 is 1. The van der Waals surface area contributed by atoms with E-state index in [1.807, 2.05) is 37.3 Å². The Morgan fingerprint density at radius 1 is 1.19 bits per heavy atom. The average Bonchev–Trinajstić information content (AvgIpc) is 3.06. The second-order valence-electron chi connectivity index (χ2n) is 5.62. The van der Waals surface area contributed by atoms with Crippen molar-refractivity contribution < 1.29 is 13.7 Å². The molecule has 0 saturated carbocycles. The maximum atomic E-state index is 12.7. The summed E-state index contributed by atoms with van der Waals surface area (Å²) in [6.45, 7) is 3.17. The number of fused-ring (bicyclic) bond motifs is 1. The van der Waals surface area contributed by atoms with Crippen LogP contribution in [0.15, 0.2) is 41.7 Å². The molecule has 0 aliphatic heterocycles. The van der Waals surface area contributed by atoms with Crippen LogP contribution in [0.1, 0.15) is 17.7 Å². The minimum Gasteiger partial charge on any atom is -0.493 e. The van der Waals surface area contributed by atoms with E-state index in [0.29, 0.717) is 24.1 Å². The van der Waals surface area contributed by atoms with Gasteiger partial charge >= 0.3 is 37.7 Å². The maximum Gasteiger partial charge on any atom is 2.00 e. The first-order chi connectivity index (χ1) is 12.2. The number of aromatic amines is 1. The molecular formula is C18H21CaN3O3S+2. The molecule has 0 bridgehead atoms. The van der Waals surface area contributed by atoms with Gasteiger partial charge in [0.2, 0.25) is 0 Å². The molecule has 2 aromatic heterocycles. The molecule has 0 radical (unpaired) electrons. The molecule has 0 spiro atoms. The normalized spacial score (nSPS) is 11.9. The van der Waals surface area contributed by atoms with Gasteiger partial charge in [-0.2, -0.15) is 0 Å². The Morgan fingerprint density at radius 3 is 2.77 bits per heavy atom. The average molecular weight is 400 g/mol. The number of H-pyrrole nitrogens is 1. The molecule has 1 aromatic carbocycles. The van der Waals surface area contributed by atoms with E-state index in [1.165, 1.54) is 0 Å². The Labute approximate surface area is 185 Å². The fraction of sp³-hybridized carbons (Fsp3) is 0.333. The van der Waals surface area contributed by atoms with Crippen molar-refractivity contribution in [3.8, 4) is 5.75 Å². The van der Waals surface area contributed by atoms with Crippen LogP contribution in [0.3, 0.4) is 0 Å². The largest absolute Gasteiger partial charge is 2.00 e. The molecule has 8 heteroatoms. The predicted octanol–water partition coefficient (Wildman–Crippen LogP) is 2.61. The molecule has 0 aliphatic carbocycles. The summed E-state index contributed by atoms with van der Waals surface area (Å²) in [6, 6.07) is 9.47. The third kappa shape index (κ3) is 5.27. The summed E-state index contributed by atoms with van der Waals surface area (Å²) in [6.07, 6.45) is 2.50. The summed E-state index contributed by atoms with van der Waals surface area (Å²) < 4.78 is 23.5. The number of hydrogen-bond acceptors (Lipinski definition) is 5. The van der Waals surface area contributed by atoms with Gasteiger partial charge in [-0.3, -0.25) is 9.19 Å². The van der Waals surface area contributed by atoms with Gasteiger partial charge in [0.15, 0.2) is 5.16 Å². The van der Waals surface area contributed by atoms with Crippen molar-refractivity contribution in [1.82, 2.24) is 15.0 Å². The monoisotopic (exact) mass is 399 g/mol. The van der Waals surface area contributed by atoms with Gasteiger partial charge in [-0.05, 0) is 25.1 Å². The van der Waals surface area contributed by atoms with Crippen LogP contribution in [-0.2, 0) is 21.3 Å². The number of aromatic nitrogens is 3. The molecular weight excluding hydrogens is 378 g/mol. The molecule has 6 nitrogen and oxygen atoms in total. The van der Waals surface area contributed by atoms with Gasteiger partial charge in [-0.15, -0.1) is 0 Å². The first-order valence-electron chi connectivity index (χ1n) is 8.08. The van der Waals surface area contributed by atoms with E-state index in [-0.39, 0.29) is 37.7 Å². The Morgan fingerprint density at radius 2 is 2.00 bits per heavy atom. The second-order valence-corrected chi connectivity index (χ2v) is 6.99. The zero-order valence-electron chi connectivity index (χ0n) is 15.0. The van der Waals surface area contributed by atoms with Gasteiger partial charge in [0, 0.05) is 31.9 Å². The number of hydrogen-bond donors (Lipinski definition) is 1. The molecule has 1 atom stereocenters. The van der Waals surface area contributed by atoms with Crippen LogP contribution in [0, 0.1) is 6.92 Å². The minimum absolute atomic E-state index is 0. The zero-order valence-corrected chi connectivity index (χ0v) is 18.1. The van der Waals surface area contributed by atoms with Crippen molar-refractivity contribution in [2.75, 3.05) is 20.3 Å². The Kier molecular flexibility index (Phi) is 8.50. The Hall–Kier alpha value is -0.990. The van der Waals surface area contributed by atoms with Crippen LogP contribution in [0.2, 0.25) is 0 Å². The van der Waals surface area contributed by atoms with Gasteiger partial charge < -0.3 is 14.5 Å². The van der Waals surface area contributed by atoms with E-state index in [4.69, 9.17) is 9.47 Å². The number of pyridine rings is 1. The summed E-state index contributed by atoms with van der Waals surface area (Å²) in [5.74, 6) is 1.06. The van der Waals surface area contributed by atoms with Crippen LogP contribution in [0.4, 0.5) is 0 Å². The minimum atomic E-state index is -1.30. The molecule has 3 aromatic rings. The first-order valence-corrected chi connectivity index (χ1v) is 9.40. The number of nitrogens with zero attached hydrogens (tertiary/aromatic N) is 2. The first kappa shape index (κ1) is 21.3. The molecule has 132 valence electrons. The number of para-hydroxylation sites is 2. The van der Waals surface area contributed by atoms with Crippen LogP contribution < -0.4 is 4.74 Å². The van der Waals surface area contributed by atoms with E-state index in [0.717, 1.165) is 34.5 Å². The zero-order chi connectivity index (χ0) is 17.6. The molecule has 0 amide bonds. The number of rotatable bonds is 8. The number of ether oxygens (including phenoxy) is 2. The molecule has 3 rings (SSSR count). The fourth-order valence-corrected chi connectivity index (χ4v) is 3.58. The number of nitrogens with one attached hydrogen (secondary N) is 1. The smallest absolute Gasteiger partial charge is 0.493 e. The molecule has 26 heavy (non-hydrogen) atoms. The van der Waals surface area contributed by atoms with Crippen molar-refractivity contribution in [3.63, 3.8) is 0 Å². The van der Waals surface area contributed by atoms with E-state index in [1.54, 1.807) is 13.3 Å². The van der Waals surface area contributed by atoms with Gasteiger partial charge in [0.1, 0.15) is 5.75 Å². The third-order valence-corrected chi connectivity index (χ3v) is 5.02. The third-order valence-electron chi connectivity index (χ3n) is 3.86. The molecule has 0 fully saturated rings. The Balaban J connectivity index is 0.00000243. The molecule has 0 saturated heterocycles. The van der Waals surface area contributed by atoms with Gasteiger partial charge in [0.25, 0.3) is 0 Å². The number of benzene rings is 1. The van der Waals surface area contributed by atoms with E-state index >= 15 is 0 Å². The Bertz CT molecular complexity index is 852. The predicted molar refractivity (Wildman–Crippen MR) is 103 cm³/mol. The summed E-state index contributed by atoms with van der Waals surface area (Å²) in [5, 5.41) is 0.466. The van der Waals surface area contributed by atoms with Gasteiger partial charge in [-0.1, -0.05) is 12.1 Å². The van der Waals surface area contributed by atoms with Crippen molar-refractivity contribution in [2.24, 2.45) is 0 Å². The summed E-state index contributed by atoms with van der Waals surface area (Å²) in [7, 11) is 0.371. The van der Waals surface area contributed by atoms with E-state index in [2.05, 4.69) is 15.0 Å². The van der Waals surface area contributed by atoms with E-state index in [9.17, 15) is 4.21 Å². The van der Waals surface area contributed by atoms with Crippen molar-refractivity contribution >= 4 is 59.6 Å². The van der Waals surface area contributed by atoms with Crippen molar-refractivity contribution in [2.45, 2.75) is 24.3 Å². The fourth-order valence-electron chi connectivity index (χ4n) is 2.48. The van der Waals surface area contributed by atoms with Gasteiger partial charge in [-0.25, -0.2) is 4.98 Å². The summed E-state index contributed by atoms with van der Waals surface area (Å²) >= 11 is 0. The summed E-state index contributed by atoms with van der Waals surface area (Å²) in [4.78, 5) is 11.9. The van der Waals surface area contributed by atoms with E-state index < -0.39 is 10.8 Å². The van der Waals surface area contributed by atoms with Crippen LogP contribution in [0.5, 0.6) is 5.75 Å². The van der Waals surface area contributed by atoms with Crippen LogP contribution in [0.25, 0.3) is 11.0 Å². The van der Waals surface area contributed by atoms with Crippen molar-refractivity contribution in [3.05, 3.63) is 47.8 Å². The number of imidazole rings is 1. The van der Waals surface area contributed by atoms with Crippen molar-refractivity contribution in [1.29, 1.82) is 0 Å². The molecule has 1 N–H and O–H groups in total. The standard InChI is InChI=1S/C18H21N3O3S.Ca/c1-13-16(19-9-8-17(13)24-11-5-10-23-2)12-25(22)18-20-14-6-3-4-7-15(14)21-18;/h3-4,6-9H,5,10-12H2,1-2H3,(H,20,21);/q;+2/t25-;/m0./s1. The molecule has 0 unspecified atom stereocenters. The molecule has 2 heterocycles. The van der Waals surface area contributed by atoms with Crippen LogP contribution in [-0.4, -0.2) is 77.2 Å². The second kappa shape index (κ2) is 10.4. The van der Waals surface area contributed by atoms with Gasteiger partial charge in [0.05, 0.1) is 39.9 Å². The quantitative estimate of drug-likeness (QED) is 0.465. The SMILES string of the molecule is COCCCOc1ccnc(C[S@](=O)c2nc3ccccc3[nH]2)c1C.[Ca+2]. The summed E-state index contributed by atoms with van der Waals surface area (Å²) in [5.41, 5.74) is 3.35. The maximum absolute atomic E-state index is 12.7.